The van der Waals surface area contributed by atoms with Gasteiger partial charge in [0.05, 0.1) is 0 Å². The lowest BCUT2D eigenvalue weighted by Crippen LogP contribution is -2.38. The van der Waals surface area contributed by atoms with E-state index in [1.54, 1.807) is 24.3 Å². The molecular formula is C13H15N5O3. The third kappa shape index (κ3) is 3.78. The molecule has 110 valence electrons. The molecule has 2 rings (SSSR count). The average molecular weight is 289 g/mol. The SMILES string of the molecule is N/C(=N/O)C(C(=O)NCCc1ncon1)c1ccccc1. The van der Waals surface area contributed by atoms with E-state index in [1.165, 1.54) is 6.39 Å². The van der Waals surface area contributed by atoms with Gasteiger partial charge in [-0.05, 0) is 5.56 Å². The largest absolute Gasteiger partial charge is 0.409 e. The first-order valence-electron chi connectivity index (χ1n) is 6.27. The van der Waals surface area contributed by atoms with Crippen molar-refractivity contribution < 1.29 is 14.5 Å². The summed E-state index contributed by atoms with van der Waals surface area (Å²) >= 11 is 0. The lowest BCUT2D eigenvalue weighted by atomic mass is 9.97. The highest BCUT2D eigenvalue weighted by Crippen LogP contribution is 2.15. The summed E-state index contributed by atoms with van der Waals surface area (Å²) in [7, 11) is 0. The van der Waals surface area contributed by atoms with Crippen LogP contribution in [0, 0.1) is 0 Å². The van der Waals surface area contributed by atoms with E-state index < -0.39 is 5.92 Å². The zero-order valence-electron chi connectivity index (χ0n) is 11.1. The Hall–Kier alpha value is -2.90. The van der Waals surface area contributed by atoms with Crippen molar-refractivity contribution in [2.45, 2.75) is 12.3 Å². The van der Waals surface area contributed by atoms with Gasteiger partial charge >= 0.3 is 0 Å². The molecule has 0 fully saturated rings. The summed E-state index contributed by atoms with van der Waals surface area (Å²) in [4.78, 5) is 16.1. The molecule has 0 saturated carbocycles. The molecule has 0 bridgehead atoms. The Labute approximate surface area is 120 Å². The standard InChI is InChI=1S/C13H15N5O3/c14-12(17-20)11(9-4-2-1-3-5-9)13(19)15-7-6-10-16-8-21-18-10/h1-5,8,11,20H,6-7H2,(H2,14,17)(H,15,19). The van der Waals surface area contributed by atoms with Crippen LogP contribution in [0.1, 0.15) is 17.3 Å². The molecule has 1 heterocycles. The molecule has 0 aliphatic rings. The van der Waals surface area contributed by atoms with Crippen molar-refractivity contribution in [2.75, 3.05) is 6.54 Å². The van der Waals surface area contributed by atoms with Gasteiger partial charge in [-0.25, -0.2) is 0 Å². The van der Waals surface area contributed by atoms with E-state index in [0.29, 0.717) is 24.4 Å². The number of amidine groups is 1. The molecule has 8 heteroatoms. The first kappa shape index (κ1) is 14.5. The molecule has 1 aromatic heterocycles. The molecule has 0 saturated heterocycles. The lowest BCUT2D eigenvalue weighted by molar-refractivity contribution is -0.121. The number of rotatable bonds is 6. The maximum atomic E-state index is 12.2. The maximum absolute atomic E-state index is 12.2. The fraction of sp³-hybridized carbons (Fsp3) is 0.231. The van der Waals surface area contributed by atoms with Gasteiger partial charge in [0, 0.05) is 13.0 Å². The van der Waals surface area contributed by atoms with Crippen molar-refractivity contribution in [2.24, 2.45) is 10.9 Å². The summed E-state index contributed by atoms with van der Waals surface area (Å²) < 4.78 is 4.60. The minimum Gasteiger partial charge on any atom is -0.409 e. The van der Waals surface area contributed by atoms with Crippen LogP contribution in [0.15, 0.2) is 46.4 Å². The second-order valence-electron chi connectivity index (χ2n) is 4.26. The molecule has 21 heavy (non-hydrogen) atoms. The fourth-order valence-electron chi connectivity index (χ4n) is 1.86. The Morgan fingerprint density at radius 3 is 2.81 bits per heavy atom. The molecule has 1 amide bonds. The summed E-state index contributed by atoms with van der Waals surface area (Å²) in [5.41, 5.74) is 6.26. The van der Waals surface area contributed by atoms with Crippen LogP contribution in [-0.2, 0) is 11.2 Å². The summed E-state index contributed by atoms with van der Waals surface area (Å²) in [5.74, 6) is -0.880. The maximum Gasteiger partial charge on any atom is 0.235 e. The van der Waals surface area contributed by atoms with E-state index >= 15 is 0 Å². The molecule has 1 unspecified atom stereocenters. The number of aromatic nitrogens is 2. The fourth-order valence-corrected chi connectivity index (χ4v) is 1.86. The number of carbonyl (C=O) groups excluding carboxylic acids is 1. The Morgan fingerprint density at radius 2 is 2.19 bits per heavy atom. The van der Waals surface area contributed by atoms with Gasteiger partial charge in [-0.1, -0.05) is 40.6 Å². The number of benzene rings is 1. The second kappa shape index (κ2) is 7.04. The molecule has 0 radical (unpaired) electrons. The summed E-state index contributed by atoms with van der Waals surface area (Å²) in [6, 6.07) is 8.85. The van der Waals surface area contributed by atoms with Gasteiger partial charge in [0.1, 0.15) is 5.92 Å². The Kier molecular flexibility index (Phi) is 4.86. The predicted octanol–water partition coefficient (Wildman–Crippen LogP) is 0.259. The summed E-state index contributed by atoms with van der Waals surface area (Å²) in [5, 5.41) is 18.1. The Balaban J connectivity index is 2.01. The van der Waals surface area contributed by atoms with Gasteiger partial charge in [0.2, 0.25) is 12.3 Å². The molecule has 0 aliphatic carbocycles. The van der Waals surface area contributed by atoms with E-state index in [9.17, 15) is 4.79 Å². The molecule has 8 nitrogen and oxygen atoms in total. The lowest BCUT2D eigenvalue weighted by Gasteiger charge is -2.15. The van der Waals surface area contributed by atoms with Crippen LogP contribution in [0.5, 0.6) is 0 Å². The highest BCUT2D eigenvalue weighted by Gasteiger charge is 2.24. The first-order chi connectivity index (χ1) is 10.2. The van der Waals surface area contributed by atoms with Gasteiger partial charge in [-0.15, -0.1) is 0 Å². The predicted molar refractivity (Wildman–Crippen MR) is 73.6 cm³/mol. The number of hydrogen-bond acceptors (Lipinski definition) is 6. The van der Waals surface area contributed by atoms with Crippen molar-refractivity contribution in [3.8, 4) is 0 Å². The number of carbonyl (C=O) groups is 1. The van der Waals surface area contributed by atoms with E-state index in [2.05, 4.69) is 25.1 Å². The third-order valence-electron chi connectivity index (χ3n) is 2.86. The third-order valence-corrected chi connectivity index (χ3v) is 2.86. The number of nitrogens with one attached hydrogen (secondary N) is 1. The van der Waals surface area contributed by atoms with Crippen LogP contribution in [0.3, 0.4) is 0 Å². The van der Waals surface area contributed by atoms with Crippen molar-refractivity contribution in [1.29, 1.82) is 0 Å². The number of oxime groups is 1. The monoisotopic (exact) mass is 289 g/mol. The minimum absolute atomic E-state index is 0.168. The van der Waals surface area contributed by atoms with Gasteiger partial charge < -0.3 is 20.8 Å². The van der Waals surface area contributed by atoms with Crippen molar-refractivity contribution >= 4 is 11.7 Å². The second-order valence-corrected chi connectivity index (χ2v) is 4.26. The first-order valence-corrected chi connectivity index (χ1v) is 6.27. The van der Waals surface area contributed by atoms with E-state index in [-0.39, 0.29) is 11.7 Å². The number of nitrogens with zero attached hydrogens (tertiary/aromatic N) is 3. The summed E-state index contributed by atoms with van der Waals surface area (Å²) in [6.07, 6.45) is 1.65. The number of amides is 1. The molecule has 1 aromatic carbocycles. The van der Waals surface area contributed by atoms with Gasteiger partial charge in [-0.2, -0.15) is 4.98 Å². The highest BCUT2D eigenvalue weighted by molar-refractivity contribution is 6.07. The van der Waals surface area contributed by atoms with Crippen LogP contribution < -0.4 is 11.1 Å². The molecular weight excluding hydrogens is 274 g/mol. The van der Waals surface area contributed by atoms with Crippen LogP contribution in [0.4, 0.5) is 0 Å². The summed E-state index contributed by atoms with van der Waals surface area (Å²) in [6.45, 7) is 0.320. The topological polar surface area (TPSA) is 127 Å². The molecule has 2 aromatic rings. The van der Waals surface area contributed by atoms with Crippen molar-refractivity contribution in [1.82, 2.24) is 15.5 Å². The zero-order chi connectivity index (χ0) is 15.1. The van der Waals surface area contributed by atoms with Crippen LogP contribution in [0.2, 0.25) is 0 Å². The Morgan fingerprint density at radius 1 is 1.43 bits per heavy atom. The van der Waals surface area contributed by atoms with Crippen molar-refractivity contribution in [3.63, 3.8) is 0 Å². The van der Waals surface area contributed by atoms with E-state index in [4.69, 9.17) is 10.9 Å². The van der Waals surface area contributed by atoms with E-state index in [1.807, 2.05) is 6.07 Å². The van der Waals surface area contributed by atoms with Crippen LogP contribution in [0.25, 0.3) is 0 Å². The van der Waals surface area contributed by atoms with Gasteiger partial charge in [0.15, 0.2) is 11.7 Å². The molecule has 0 aliphatic heterocycles. The van der Waals surface area contributed by atoms with Crippen LogP contribution >= 0.6 is 0 Å². The minimum atomic E-state index is -0.846. The van der Waals surface area contributed by atoms with Gasteiger partial charge in [-0.3, -0.25) is 4.79 Å². The highest BCUT2D eigenvalue weighted by atomic mass is 16.5. The normalized spacial score (nSPS) is 12.9. The van der Waals surface area contributed by atoms with Crippen molar-refractivity contribution in [3.05, 3.63) is 48.1 Å². The smallest absolute Gasteiger partial charge is 0.235 e. The molecule has 4 N–H and O–H groups in total. The van der Waals surface area contributed by atoms with Crippen LogP contribution in [-0.4, -0.2) is 33.6 Å². The number of hydrogen-bond donors (Lipinski definition) is 3. The number of nitrogens with two attached hydrogens (primary N) is 1. The molecule has 1 atom stereocenters. The Bertz CT molecular complexity index is 598. The van der Waals surface area contributed by atoms with E-state index in [0.717, 1.165) is 0 Å². The van der Waals surface area contributed by atoms with Gasteiger partial charge in [0.25, 0.3) is 0 Å². The zero-order valence-corrected chi connectivity index (χ0v) is 11.1. The molecule has 0 spiro atoms. The average Bonchev–Trinajstić information content (AvgIpc) is 3.01. The quantitative estimate of drug-likeness (QED) is 0.303.